The molecule has 0 saturated carbocycles. The zero-order chi connectivity index (χ0) is 26.6. The molecule has 1 saturated heterocycles. The van der Waals surface area contributed by atoms with Gasteiger partial charge in [-0.15, -0.1) is 0 Å². The molecule has 4 aromatic rings. The number of halogens is 1. The van der Waals surface area contributed by atoms with Crippen LogP contribution in [0.25, 0.3) is 23.0 Å². The highest BCUT2D eigenvalue weighted by atomic mass is 32.2. The van der Waals surface area contributed by atoms with Crippen LogP contribution in [0.4, 0.5) is 4.39 Å². The summed E-state index contributed by atoms with van der Waals surface area (Å²) in [5, 5.41) is 13.9. The molecular weight excluding hydrogens is 525 g/mol. The van der Waals surface area contributed by atoms with E-state index >= 15 is 0 Å². The highest BCUT2D eigenvalue weighted by Gasteiger charge is 2.33. The minimum atomic E-state index is -1.15. The first-order valence-corrected chi connectivity index (χ1v) is 12.7. The number of benzene rings is 3. The van der Waals surface area contributed by atoms with Crippen LogP contribution < -0.4 is 4.74 Å². The number of thioether (sulfide) groups is 1. The summed E-state index contributed by atoms with van der Waals surface area (Å²) >= 11 is 6.28. The number of carbonyl (C=O) groups is 2. The number of aliphatic carboxylic acids is 1. The van der Waals surface area contributed by atoms with Crippen LogP contribution >= 0.6 is 24.0 Å². The van der Waals surface area contributed by atoms with Crippen LogP contribution in [0.5, 0.6) is 5.75 Å². The van der Waals surface area contributed by atoms with Crippen molar-refractivity contribution in [2.45, 2.75) is 6.61 Å². The minimum absolute atomic E-state index is 0.0630. The highest BCUT2D eigenvalue weighted by molar-refractivity contribution is 8.26. The maximum Gasteiger partial charge on any atom is 0.323 e. The molecule has 2 heterocycles. The lowest BCUT2D eigenvalue weighted by Gasteiger charge is -2.10. The SMILES string of the molecule is O=C(O)CN1C(=O)/C(=C\c2cn(-c3ccccc3)nc2-c2cccc(OCc3ccccc3F)c2)SC1=S. The second kappa shape index (κ2) is 11.0. The molecule has 3 aromatic carbocycles. The van der Waals surface area contributed by atoms with E-state index in [9.17, 15) is 14.0 Å². The van der Waals surface area contributed by atoms with Crippen molar-refractivity contribution >= 4 is 46.3 Å². The summed E-state index contributed by atoms with van der Waals surface area (Å²) in [4.78, 5) is 25.4. The molecule has 0 spiro atoms. The monoisotopic (exact) mass is 545 g/mol. The second-order valence-electron chi connectivity index (χ2n) is 8.28. The Morgan fingerprint density at radius 1 is 1.08 bits per heavy atom. The van der Waals surface area contributed by atoms with Gasteiger partial charge in [0.05, 0.1) is 10.6 Å². The third kappa shape index (κ3) is 5.51. The summed E-state index contributed by atoms with van der Waals surface area (Å²) in [6.07, 6.45) is 3.46. The van der Waals surface area contributed by atoms with Crippen LogP contribution in [-0.4, -0.2) is 42.5 Å². The molecular formula is C28H20FN3O4S2. The molecule has 5 rings (SSSR count). The average Bonchev–Trinajstić information content (AvgIpc) is 3.45. The number of carboxylic acids is 1. The Morgan fingerprint density at radius 3 is 2.61 bits per heavy atom. The molecule has 0 radical (unpaired) electrons. The van der Waals surface area contributed by atoms with Gasteiger partial charge in [0.15, 0.2) is 0 Å². The second-order valence-corrected chi connectivity index (χ2v) is 9.96. The molecule has 1 N–H and O–H groups in total. The van der Waals surface area contributed by atoms with E-state index in [0.29, 0.717) is 27.5 Å². The van der Waals surface area contributed by atoms with E-state index in [1.54, 1.807) is 47.3 Å². The van der Waals surface area contributed by atoms with E-state index in [4.69, 9.17) is 27.2 Å². The first kappa shape index (κ1) is 25.4. The van der Waals surface area contributed by atoms with Crippen LogP contribution in [0.1, 0.15) is 11.1 Å². The van der Waals surface area contributed by atoms with Crippen molar-refractivity contribution in [3.05, 3.63) is 107 Å². The van der Waals surface area contributed by atoms with Crippen LogP contribution in [0.15, 0.2) is 90.0 Å². The summed E-state index contributed by atoms with van der Waals surface area (Å²) in [7, 11) is 0. The van der Waals surface area contributed by atoms with Crippen molar-refractivity contribution in [1.82, 2.24) is 14.7 Å². The van der Waals surface area contributed by atoms with Crippen molar-refractivity contribution in [2.75, 3.05) is 6.54 Å². The van der Waals surface area contributed by atoms with Crippen LogP contribution in [0.2, 0.25) is 0 Å². The first-order chi connectivity index (χ1) is 18.4. The molecule has 0 aliphatic carbocycles. The first-order valence-electron chi connectivity index (χ1n) is 11.5. The number of thiocarbonyl (C=S) groups is 1. The van der Waals surface area contributed by atoms with Crippen LogP contribution in [0, 0.1) is 5.82 Å². The van der Waals surface area contributed by atoms with Gasteiger partial charge in [0.2, 0.25) is 0 Å². The summed E-state index contributed by atoms with van der Waals surface area (Å²) in [5.41, 5.74) is 3.19. The highest BCUT2D eigenvalue weighted by Crippen LogP contribution is 2.35. The Labute approximate surface area is 227 Å². The number of carboxylic acid groups (broad SMARTS) is 1. The molecule has 10 heteroatoms. The molecule has 7 nitrogen and oxygen atoms in total. The topological polar surface area (TPSA) is 84.7 Å². The molecule has 0 atom stereocenters. The molecule has 38 heavy (non-hydrogen) atoms. The van der Waals surface area contributed by atoms with Gasteiger partial charge in [0.1, 0.15) is 34.7 Å². The van der Waals surface area contributed by atoms with Crippen LogP contribution in [0.3, 0.4) is 0 Å². The maximum absolute atomic E-state index is 14.0. The fourth-order valence-electron chi connectivity index (χ4n) is 3.85. The largest absolute Gasteiger partial charge is 0.489 e. The lowest BCUT2D eigenvalue weighted by Crippen LogP contribution is -2.33. The lowest BCUT2D eigenvalue weighted by molar-refractivity contribution is -0.140. The van der Waals surface area contributed by atoms with E-state index in [2.05, 4.69) is 0 Å². The van der Waals surface area contributed by atoms with E-state index in [0.717, 1.165) is 27.9 Å². The normalized spacial score (nSPS) is 14.3. The predicted octanol–water partition coefficient (Wildman–Crippen LogP) is 5.54. The molecule has 0 unspecified atom stereocenters. The molecule has 1 fully saturated rings. The quantitative estimate of drug-likeness (QED) is 0.230. The Hall–Kier alpha value is -4.28. The van der Waals surface area contributed by atoms with Crippen molar-refractivity contribution < 1.29 is 23.8 Å². The Bertz CT molecular complexity index is 1570. The van der Waals surface area contributed by atoms with Crippen molar-refractivity contribution in [3.8, 4) is 22.7 Å². The van der Waals surface area contributed by atoms with Gasteiger partial charge in [-0.1, -0.05) is 72.5 Å². The number of hydrogen-bond donors (Lipinski definition) is 1. The number of carbonyl (C=O) groups excluding carboxylic acids is 1. The van der Waals surface area contributed by atoms with E-state index in [1.807, 2.05) is 42.5 Å². The third-order valence-electron chi connectivity index (χ3n) is 5.68. The number of aromatic nitrogens is 2. The summed E-state index contributed by atoms with van der Waals surface area (Å²) in [6, 6.07) is 23.2. The average molecular weight is 546 g/mol. The Balaban J connectivity index is 1.50. The summed E-state index contributed by atoms with van der Waals surface area (Å²) in [6.45, 7) is -0.437. The number of ether oxygens (including phenoxy) is 1. The van der Waals surface area contributed by atoms with Gasteiger partial charge in [-0.25, -0.2) is 9.07 Å². The lowest BCUT2D eigenvalue weighted by atomic mass is 10.1. The van der Waals surface area contributed by atoms with Crippen LogP contribution in [-0.2, 0) is 16.2 Å². The number of para-hydroxylation sites is 1. The molecule has 1 aromatic heterocycles. The summed E-state index contributed by atoms with van der Waals surface area (Å²) in [5.74, 6) is -1.43. The molecule has 190 valence electrons. The zero-order valence-corrected chi connectivity index (χ0v) is 21.4. The summed E-state index contributed by atoms with van der Waals surface area (Å²) < 4.78 is 21.8. The van der Waals surface area contributed by atoms with Gasteiger partial charge in [-0.2, -0.15) is 5.10 Å². The van der Waals surface area contributed by atoms with Crippen molar-refractivity contribution in [1.29, 1.82) is 0 Å². The number of nitrogens with zero attached hydrogens (tertiary/aromatic N) is 3. The maximum atomic E-state index is 14.0. The smallest absolute Gasteiger partial charge is 0.323 e. The number of rotatable bonds is 8. The molecule has 1 amide bonds. The van der Waals surface area contributed by atoms with Crippen molar-refractivity contribution in [2.24, 2.45) is 0 Å². The van der Waals surface area contributed by atoms with E-state index < -0.39 is 18.4 Å². The predicted molar refractivity (Wildman–Crippen MR) is 147 cm³/mol. The molecule has 1 aliphatic rings. The molecule has 0 bridgehead atoms. The minimum Gasteiger partial charge on any atom is -0.489 e. The van der Waals surface area contributed by atoms with Gasteiger partial charge < -0.3 is 9.84 Å². The van der Waals surface area contributed by atoms with Gasteiger partial charge >= 0.3 is 5.97 Å². The zero-order valence-electron chi connectivity index (χ0n) is 19.8. The van der Waals surface area contributed by atoms with E-state index in [-0.39, 0.29) is 16.7 Å². The van der Waals surface area contributed by atoms with Gasteiger partial charge in [-0.3, -0.25) is 14.5 Å². The number of hydrogen-bond acceptors (Lipinski definition) is 6. The van der Waals surface area contributed by atoms with Gasteiger partial charge in [-0.05, 0) is 36.4 Å². The molecule has 1 aliphatic heterocycles. The third-order valence-corrected chi connectivity index (χ3v) is 7.05. The van der Waals surface area contributed by atoms with Crippen molar-refractivity contribution in [3.63, 3.8) is 0 Å². The van der Waals surface area contributed by atoms with Gasteiger partial charge in [0, 0.05) is 22.9 Å². The Morgan fingerprint density at radius 2 is 1.84 bits per heavy atom. The fourth-order valence-corrected chi connectivity index (χ4v) is 5.10. The fraction of sp³-hybridized carbons (Fsp3) is 0.0714. The van der Waals surface area contributed by atoms with Gasteiger partial charge in [0.25, 0.3) is 5.91 Å². The Kier molecular flexibility index (Phi) is 7.34. The number of amides is 1. The standard InChI is InChI=1S/C28H20FN3O4S2/c29-23-12-5-4-7-19(23)17-36-22-11-6-8-18(13-22)26-20(15-32(30-26)21-9-2-1-3-10-21)14-24-27(35)31(16-25(33)34)28(37)38-24/h1-15H,16-17H2,(H,33,34)/b24-14+. The van der Waals surface area contributed by atoms with E-state index in [1.165, 1.54) is 6.07 Å².